The Bertz CT molecular complexity index is 573. The van der Waals surface area contributed by atoms with Crippen LogP contribution in [-0.4, -0.2) is 36.9 Å². The van der Waals surface area contributed by atoms with Crippen molar-refractivity contribution in [2.45, 2.75) is 19.1 Å². The number of ether oxygens (including phenoxy) is 1. The third-order valence-electron chi connectivity index (χ3n) is 3.15. The highest BCUT2D eigenvalue weighted by Gasteiger charge is 2.04. The van der Waals surface area contributed by atoms with Gasteiger partial charge in [0.1, 0.15) is 0 Å². The van der Waals surface area contributed by atoms with E-state index in [1.165, 1.54) is 4.88 Å². The first kappa shape index (κ1) is 17.5. The molecule has 2 aromatic rings. The van der Waals surface area contributed by atoms with E-state index in [9.17, 15) is 5.11 Å². The van der Waals surface area contributed by atoms with Gasteiger partial charge >= 0.3 is 0 Å². The molecule has 0 radical (unpaired) electrons. The molecule has 4 N–H and O–H groups in total. The van der Waals surface area contributed by atoms with Crippen molar-refractivity contribution in [1.82, 2.24) is 5.32 Å². The smallest absolute Gasteiger partial charge is 0.188 e. The molecule has 0 fully saturated rings. The van der Waals surface area contributed by atoms with Crippen LogP contribution in [0.15, 0.2) is 52.8 Å². The van der Waals surface area contributed by atoms with E-state index in [0.29, 0.717) is 12.6 Å². The zero-order valence-electron chi connectivity index (χ0n) is 13.0. The van der Waals surface area contributed by atoms with Crippen LogP contribution in [-0.2, 0) is 17.8 Å². The minimum atomic E-state index is -0.656. The number of aliphatic hydroxyl groups is 1. The standard InChI is InChI=1S/C17H23N3O2S/c18-17(19-9-8-16-7-4-10-23-16)20-11-15(21)13-22-12-14-5-2-1-3-6-14/h1-7,10,15,21H,8-9,11-13H2,(H3,18,19,20). The fourth-order valence-corrected chi connectivity index (χ4v) is 2.68. The van der Waals surface area contributed by atoms with Crippen LogP contribution in [0, 0.1) is 0 Å². The number of aliphatic hydroxyl groups excluding tert-OH is 1. The number of aliphatic imine (C=N–C) groups is 1. The molecule has 23 heavy (non-hydrogen) atoms. The molecule has 0 aliphatic rings. The van der Waals surface area contributed by atoms with Crippen LogP contribution in [0.4, 0.5) is 0 Å². The van der Waals surface area contributed by atoms with Crippen molar-refractivity contribution in [2.75, 3.05) is 19.7 Å². The molecule has 1 aromatic heterocycles. The summed E-state index contributed by atoms with van der Waals surface area (Å²) in [4.78, 5) is 5.43. The molecule has 124 valence electrons. The summed E-state index contributed by atoms with van der Waals surface area (Å²) >= 11 is 1.72. The van der Waals surface area contributed by atoms with Gasteiger partial charge in [0.15, 0.2) is 5.96 Å². The lowest BCUT2D eigenvalue weighted by Gasteiger charge is -2.10. The number of nitrogens with one attached hydrogen (secondary N) is 1. The topological polar surface area (TPSA) is 79.9 Å². The molecule has 0 saturated heterocycles. The zero-order chi connectivity index (χ0) is 16.3. The number of guanidine groups is 1. The summed E-state index contributed by atoms with van der Waals surface area (Å²) in [6, 6.07) is 14.0. The van der Waals surface area contributed by atoms with E-state index in [1.54, 1.807) is 11.3 Å². The van der Waals surface area contributed by atoms with Crippen molar-refractivity contribution in [2.24, 2.45) is 10.7 Å². The Morgan fingerprint density at radius 1 is 1.26 bits per heavy atom. The Kier molecular flexibility index (Phi) is 7.59. The molecule has 0 saturated carbocycles. The Hall–Kier alpha value is -1.89. The SMILES string of the molecule is NC(=NCC(O)COCc1ccccc1)NCCc1cccs1. The monoisotopic (exact) mass is 333 g/mol. The molecule has 1 aromatic carbocycles. The molecule has 1 heterocycles. The van der Waals surface area contributed by atoms with Crippen molar-refractivity contribution in [3.8, 4) is 0 Å². The summed E-state index contributed by atoms with van der Waals surface area (Å²) in [6.45, 7) is 1.68. The van der Waals surface area contributed by atoms with Gasteiger partial charge in [-0.05, 0) is 23.4 Å². The van der Waals surface area contributed by atoms with Crippen LogP contribution in [0.2, 0.25) is 0 Å². The van der Waals surface area contributed by atoms with Crippen LogP contribution < -0.4 is 11.1 Å². The average Bonchev–Trinajstić information content (AvgIpc) is 3.07. The molecular formula is C17H23N3O2S. The normalized spacial score (nSPS) is 13.0. The highest BCUT2D eigenvalue weighted by molar-refractivity contribution is 7.09. The molecule has 0 aliphatic heterocycles. The summed E-state index contributed by atoms with van der Waals surface area (Å²) in [6.07, 6.45) is 0.257. The second kappa shape index (κ2) is 9.99. The van der Waals surface area contributed by atoms with Crippen molar-refractivity contribution in [3.63, 3.8) is 0 Å². The Labute approximate surface area is 140 Å². The van der Waals surface area contributed by atoms with E-state index in [0.717, 1.165) is 18.5 Å². The predicted molar refractivity (Wildman–Crippen MR) is 94.6 cm³/mol. The molecule has 1 atom stereocenters. The van der Waals surface area contributed by atoms with Crippen LogP contribution in [0.1, 0.15) is 10.4 Å². The summed E-state index contributed by atoms with van der Waals surface area (Å²) in [5.41, 5.74) is 6.85. The third-order valence-corrected chi connectivity index (χ3v) is 4.09. The molecular weight excluding hydrogens is 310 g/mol. The maximum atomic E-state index is 9.84. The summed E-state index contributed by atoms with van der Waals surface area (Å²) in [7, 11) is 0. The van der Waals surface area contributed by atoms with E-state index < -0.39 is 6.10 Å². The highest BCUT2D eigenvalue weighted by Crippen LogP contribution is 2.07. The second-order valence-corrected chi connectivity index (χ2v) is 6.17. The van der Waals surface area contributed by atoms with Gasteiger partial charge in [0.05, 0.1) is 25.9 Å². The van der Waals surface area contributed by atoms with Gasteiger partial charge < -0.3 is 20.9 Å². The van der Waals surface area contributed by atoms with Crippen molar-refractivity contribution < 1.29 is 9.84 Å². The molecule has 0 bridgehead atoms. The minimum absolute atomic E-state index is 0.229. The number of benzene rings is 1. The van der Waals surface area contributed by atoms with Crippen LogP contribution in [0.5, 0.6) is 0 Å². The number of nitrogens with zero attached hydrogens (tertiary/aromatic N) is 1. The summed E-state index contributed by atoms with van der Waals surface area (Å²) in [5.74, 6) is 0.351. The van der Waals surface area contributed by atoms with Gasteiger partial charge in [-0.15, -0.1) is 11.3 Å². The second-order valence-electron chi connectivity index (χ2n) is 5.14. The summed E-state index contributed by atoms with van der Waals surface area (Å²) < 4.78 is 5.46. The van der Waals surface area contributed by atoms with Crippen LogP contribution in [0.25, 0.3) is 0 Å². The van der Waals surface area contributed by atoms with E-state index in [-0.39, 0.29) is 13.2 Å². The van der Waals surface area contributed by atoms with Gasteiger partial charge in [0, 0.05) is 11.4 Å². The van der Waals surface area contributed by atoms with E-state index >= 15 is 0 Å². The Balaban J connectivity index is 1.57. The van der Waals surface area contributed by atoms with Crippen molar-refractivity contribution in [1.29, 1.82) is 0 Å². The molecule has 6 heteroatoms. The molecule has 0 spiro atoms. The Morgan fingerprint density at radius 3 is 2.83 bits per heavy atom. The average molecular weight is 333 g/mol. The molecule has 2 rings (SSSR count). The van der Waals surface area contributed by atoms with E-state index in [4.69, 9.17) is 10.5 Å². The van der Waals surface area contributed by atoms with Gasteiger partial charge in [-0.3, -0.25) is 4.99 Å². The van der Waals surface area contributed by atoms with Gasteiger partial charge in [-0.25, -0.2) is 0 Å². The highest BCUT2D eigenvalue weighted by atomic mass is 32.1. The number of hydrogen-bond donors (Lipinski definition) is 3. The first-order valence-corrected chi connectivity index (χ1v) is 8.48. The maximum Gasteiger partial charge on any atom is 0.188 e. The molecule has 0 aliphatic carbocycles. The number of hydrogen-bond acceptors (Lipinski definition) is 4. The van der Waals surface area contributed by atoms with E-state index in [1.807, 2.05) is 36.4 Å². The third kappa shape index (κ3) is 7.27. The van der Waals surface area contributed by atoms with Crippen molar-refractivity contribution >= 4 is 17.3 Å². The first-order valence-electron chi connectivity index (χ1n) is 7.60. The fourth-order valence-electron chi connectivity index (χ4n) is 1.97. The Morgan fingerprint density at radius 2 is 2.09 bits per heavy atom. The van der Waals surface area contributed by atoms with E-state index in [2.05, 4.69) is 21.8 Å². The van der Waals surface area contributed by atoms with Gasteiger partial charge in [0.25, 0.3) is 0 Å². The lowest BCUT2D eigenvalue weighted by atomic mass is 10.2. The largest absolute Gasteiger partial charge is 0.389 e. The molecule has 0 amide bonds. The lowest BCUT2D eigenvalue weighted by Crippen LogP contribution is -2.34. The van der Waals surface area contributed by atoms with Gasteiger partial charge in [-0.1, -0.05) is 36.4 Å². The lowest BCUT2D eigenvalue weighted by molar-refractivity contribution is 0.0331. The zero-order valence-corrected chi connectivity index (χ0v) is 13.8. The van der Waals surface area contributed by atoms with Crippen LogP contribution in [0.3, 0.4) is 0 Å². The minimum Gasteiger partial charge on any atom is -0.389 e. The van der Waals surface area contributed by atoms with Gasteiger partial charge in [-0.2, -0.15) is 0 Å². The van der Waals surface area contributed by atoms with Gasteiger partial charge in [0.2, 0.25) is 0 Å². The quantitative estimate of drug-likeness (QED) is 0.483. The first-order chi connectivity index (χ1) is 11.2. The fraction of sp³-hybridized carbons (Fsp3) is 0.353. The predicted octanol–water partition coefficient (Wildman–Crippen LogP) is 1.77. The number of thiophene rings is 1. The van der Waals surface area contributed by atoms with Crippen LogP contribution >= 0.6 is 11.3 Å². The summed E-state index contributed by atoms with van der Waals surface area (Å²) in [5, 5.41) is 14.9. The molecule has 5 nitrogen and oxygen atoms in total. The molecule has 1 unspecified atom stereocenters. The number of rotatable bonds is 9. The van der Waals surface area contributed by atoms with Crippen molar-refractivity contribution in [3.05, 3.63) is 58.3 Å². The maximum absolute atomic E-state index is 9.84. The number of nitrogens with two attached hydrogens (primary N) is 1.